The average Bonchev–Trinajstić information content (AvgIpc) is 2.00. The van der Waals surface area contributed by atoms with Crippen molar-refractivity contribution in [2.75, 3.05) is 13.7 Å². The lowest BCUT2D eigenvalue weighted by Crippen LogP contribution is -2.09. The first kappa shape index (κ1) is 9.50. The zero-order valence-corrected chi connectivity index (χ0v) is 6.55. The van der Waals surface area contributed by atoms with Crippen LogP contribution in [-0.2, 0) is 9.53 Å². The van der Waals surface area contributed by atoms with Crippen molar-refractivity contribution in [2.45, 2.75) is 6.92 Å². The summed E-state index contributed by atoms with van der Waals surface area (Å²) in [6.45, 7) is 1.97. The quantitative estimate of drug-likeness (QED) is 0.358. The van der Waals surface area contributed by atoms with E-state index in [0.29, 0.717) is 0 Å². The SMILES string of the molecule is CCOC(=O)/C(C#N)=C/NC. The number of nitriles is 1. The normalized spacial score (nSPS) is 10.1. The van der Waals surface area contributed by atoms with E-state index in [1.807, 2.05) is 0 Å². The minimum Gasteiger partial charge on any atom is -0.462 e. The lowest BCUT2D eigenvalue weighted by atomic mass is 10.3. The molecule has 0 aromatic carbocycles. The molecule has 0 rings (SSSR count). The summed E-state index contributed by atoms with van der Waals surface area (Å²) in [6, 6.07) is 1.71. The van der Waals surface area contributed by atoms with Gasteiger partial charge in [-0.3, -0.25) is 0 Å². The fourth-order valence-corrected chi connectivity index (χ4v) is 0.490. The number of nitrogens with zero attached hydrogens (tertiary/aromatic N) is 1. The van der Waals surface area contributed by atoms with Crippen molar-refractivity contribution in [3.05, 3.63) is 11.8 Å². The number of ether oxygens (including phenoxy) is 1. The Morgan fingerprint density at radius 1 is 1.82 bits per heavy atom. The summed E-state index contributed by atoms with van der Waals surface area (Å²) < 4.78 is 4.58. The van der Waals surface area contributed by atoms with Crippen molar-refractivity contribution in [1.29, 1.82) is 5.26 Å². The van der Waals surface area contributed by atoms with E-state index in [4.69, 9.17) is 5.26 Å². The lowest BCUT2D eigenvalue weighted by Gasteiger charge is -1.97. The molecule has 0 saturated carbocycles. The van der Waals surface area contributed by atoms with Crippen LogP contribution in [0.2, 0.25) is 0 Å². The van der Waals surface area contributed by atoms with Gasteiger partial charge in [-0.05, 0) is 6.92 Å². The Morgan fingerprint density at radius 3 is 2.82 bits per heavy atom. The fraction of sp³-hybridized carbons (Fsp3) is 0.429. The van der Waals surface area contributed by atoms with Crippen molar-refractivity contribution >= 4 is 5.97 Å². The van der Waals surface area contributed by atoms with Gasteiger partial charge in [-0.25, -0.2) is 4.79 Å². The van der Waals surface area contributed by atoms with Gasteiger partial charge in [0.2, 0.25) is 0 Å². The topological polar surface area (TPSA) is 62.1 Å². The first-order chi connectivity index (χ1) is 5.26. The van der Waals surface area contributed by atoms with Crippen LogP contribution in [-0.4, -0.2) is 19.6 Å². The van der Waals surface area contributed by atoms with Gasteiger partial charge >= 0.3 is 5.97 Å². The van der Waals surface area contributed by atoms with E-state index in [1.54, 1.807) is 20.0 Å². The van der Waals surface area contributed by atoms with E-state index < -0.39 is 5.97 Å². The Kier molecular flexibility index (Phi) is 4.58. The van der Waals surface area contributed by atoms with Gasteiger partial charge in [0.05, 0.1) is 6.61 Å². The minimum absolute atomic E-state index is 0.0191. The first-order valence-corrected chi connectivity index (χ1v) is 3.20. The highest BCUT2D eigenvalue weighted by atomic mass is 16.5. The summed E-state index contributed by atoms with van der Waals surface area (Å²) in [5, 5.41) is 11.0. The number of hydrogen-bond donors (Lipinski definition) is 1. The maximum Gasteiger partial charge on any atom is 0.350 e. The Labute approximate surface area is 65.5 Å². The molecule has 60 valence electrons. The summed E-state index contributed by atoms with van der Waals surface area (Å²) in [5.41, 5.74) is -0.0191. The Balaban J connectivity index is 4.18. The minimum atomic E-state index is -0.593. The van der Waals surface area contributed by atoms with Crippen LogP contribution in [0.4, 0.5) is 0 Å². The first-order valence-electron chi connectivity index (χ1n) is 3.20. The molecule has 0 aliphatic rings. The maximum atomic E-state index is 10.8. The summed E-state index contributed by atoms with van der Waals surface area (Å²) in [5.74, 6) is -0.593. The second kappa shape index (κ2) is 5.30. The summed E-state index contributed by atoms with van der Waals surface area (Å²) in [7, 11) is 1.61. The molecule has 0 amide bonds. The average molecular weight is 154 g/mol. The molecule has 0 aliphatic carbocycles. The summed E-state index contributed by atoms with van der Waals surface area (Å²) in [4.78, 5) is 10.8. The number of hydrogen-bond acceptors (Lipinski definition) is 4. The van der Waals surface area contributed by atoms with Crippen LogP contribution in [0.3, 0.4) is 0 Å². The van der Waals surface area contributed by atoms with Crippen LogP contribution in [0.15, 0.2) is 11.8 Å². The van der Waals surface area contributed by atoms with E-state index in [9.17, 15) is 4.79 Å². The van der Waals surface area contributed by atoms with Gasteiger partial charge in [0, 0.05) is 13.2 Å². The van der Waals surface area contributed by atoms with Crippen LogP contribution in [0, 0.1) is 11.3 Å². The highest BCUT2D eigenvalue weighted by Gasteiger charge is 2.07. The third-order valence-electron chi connectivity index (χ3n) is 0.904. The van der Waals surface area contributed by atoms with Crippen molar-refractivity contribution in [3.63, 3.8) is 0 Å². The molecule has 0 bridgehead atoms. The van der Waals surface area contributed by atoms with Crippen LogP contribution < -0.4 is 5.32 Å². The fourth-order valence-electron chi connectivity index (χ4n) is 0.490. The largest absolute Gasteiger partial charge is 0.462 e. The molecule has 0 heterocycles. The summed E-state index contributed by atoms with van der Waals surface area (Å²) >= 11 is 0. The molecular formula is C7H10N2O2. The van der Waals surface area contributed by atoms with Crippen molar-refractivity contribution in [3.8, 4) is 6.07 Å². The molecule has 0 unspecified atom stereocenters. The van der Waals surface area contributed by atoms with E-state index in [-0.39, 0.29) is 12.2 Å². The molecule has 1 N–H and O–H groups in total. The molecule has 4 heteroatoms. The van der Waals surface area contributed by atoms with Gasteiger partial charge in [-0.15, -0.1) is 0 Å². The van der Waals surface area contributed by atoms with Gasteiger partial charge < -0.3 is 10.1 Å². The van der Waals surface area contributed by atoms with Gasteiger partial charge in [-0.2, -0.15) is 5.26 Å². The van der Waals surface area contributed by atoms with E-state index in [0.717, 1.165) is 0 Å². The van der Waals surface area contributed by atoms with Crippen molar-refractivity contribution < 1.29 is 9.53 Å². The third-order valence-corrected chi connectivity index (χ3v) is 0.904. The molecule has 0 spiro atoms. The molecule has 11 heavy (non-hydrogen) atoms. The number of esters is 1. The standard InChI is InChI=1S/C7H10N2O2/c1-3-11-7(10)6(4-8)5-9-2/h5,9H,3H2,1-2H3/b6-5+. The van der Waals surface area contributed by atoms with Gasteiger partial charge in [0.25, 0.3) is 0 Å². The predicted molar refractivity (Wildman–Crippen MR) is 39.4 cm³/mol. The van der Waals surface area contributed by atoms with Crippen LogP contribution in [0.25, 0.3) is 0 Å². The lowest BCUT2D eigenvalue weighted by molar-refractivity contribution is -0.138. The Hall–Kier alpha value is -1.50. The van der Waals surface area contributed by atoms with Crippen LogP contribution in [0.5, 0.6) is 0 Å². The molecule has 0 atom stereocenters. The molecule has 4 nitrogen and oxygen atoms in total. The highest BCUT2D eigenvalue weighted by molar-refractivity contribution is 5.92. The molecule has 0 fully saturated rings. The number of carbonyl (C=O) groups is 1. The summed E-state index contributed by atoms with van der Waals surface area (Å²) in [6.07, 6.45) is 1.30. The molecule has 0 aromatic heterocycles. The number of carbonyl (C=O) groups excluding carboxylic acids is 1. The molecule has 0 aliphatic heterocycles. The van der Waals surface area contributed by atoms with Crippen molar-refractivity contribution in [1.82, 2.24) is 5.32 Å². The van der Waals surface area contributed by atoms with Crippen molar-refractivity contribution in [2.24, 2.45) is 0 Å². The smallest absolute Gasteiger partial charge is 0.350 e. The molecule has 0 saturated heterocycles. The molecular weight excluding hydrogens is 144 g/mol. The highest BCUT2D eigenvalue weighted by Crippen LogP contribution is 1.93. The zero-order chi connectivity index (χ0) is 8.69. The molecule has 0 radical (unpaired) electrons. The Morgan fingerprint density at radius 2 is 2.45 bits per heavy atom. The monoisotopic (exact) mass is 154 g/mol. The molecule has 0 aromatic rings. The van der Waals surface area contributed by atoms with Crippen LogP contribution in [0.1, 0.15) is 6.92 Å². The van der Waals surface area contributed by atoms with Gasteiger partial charge in [-0.1, -0.05) is 0 Å². The zero-order valence-electron chi connectivity index (χ0n) is 6.55. The van der Waals surface area contributed by atoms with Crippen LogP contribution >= 0.6 is 0 Å². The Bertz CT molecular complexity index is 203. The second-order valence-corrected chi connectivity index (χ2v) is 1.68. The second-order valence-electron chi connectivity index (χ2n) is 1.68. The van der Waals surface area contributed by atoms with E-state index in [2.05, 4.69) is 10.1 Å². The van der Waals surface area contributed by atoms with E-state index in [1.165, 1.54) is 6.20 Å². The maximum absolute atomic E-state index is 10.8. The number of rotatable bonds is 3. The van der Waals surface area contributed by atoms with Gasteiger partial charge in [0.1, 0.15) is 6.07 Å². The predicted octanol–water partition coefficient (Wildman–Crippen LogP) is 0.176. The van der Waals surface area contributed by atoms with Gasteiger partial charge in [0.15, 0.2) is 5.57 Å². The number of nitrogens with one attached hydrogen (secondary N) is 1. The van der Waals surface area contributed by atoms with E-state index >= 15 is 0 Å². The third kappa shape index (κ3) is 3.26.